The molecule has 0 bridgehead atoms. The molecule has 2 heterocycles. The number of aromatic carboxylic acids is 1. The van der Waals surface area contributed by atoms with Gasteiger partial charge in [-0.25, -0.2) is 14.2 Å². The van der Waals surface area contributed by atoms with E-state index in [9.17, 15) is 9.90 Å². The van der Waals surface area contributed by atoms with E-state index >= 15 is 0 Å². The second kappa shape index (κ2) is 10.9. The Kier molecular flexibility index (Phi) is 7.17. The molecule has 2 aliphatic rings. The van der Waals surface area contributed by atoms with Gasteiger partial charge in [-0.05, 0) is 81.3 Å². The van der Waals surface area contributed by atoms with Crippen LogP contribution in [0.1, 0.15) is 98.9 Å². The highest BCUT2D eigenvalue weighted by Crippen LogP contribution is 2.55. The number of benzene rings is 2. The van der Waals surface area contributed by atoms with E-state index in [2.05, 4.69) is 60.4 Å². The van der Waals surface area contributed by atoms with Gasteiger partial charge in [0.1, 0.15) is 11.3 Å². The molecule has 0 saturated heterocycles. The summed E-state index contributed by atoms with van der Waals surface area (Å²) in [7, 11) is 0. The van der Waals surface area contributed by atoms with Gasteiger partial charge >= 0.3 is 5.97 Å². The molecule has 0 radical (unpaired) electrons. The maximum Gasteiger partial charge on any atom is 0.339 e. The molecule has 2 fully saturated rings. The minimum absolute atomic E-state index is 0.0209. The lowest BCUT2D eigenvalue weighted by Gasteiger charge is -2.28. The summed E-state index contributed by atoms with van der Waals surface area (Å²) < 4.78 is 10.0. The van der Waals surface area contributed by atoms with E-state index in [0.717, 1.165) is 34.7 Å². The molecule has 8 nitrogen and oxygen atoms in total. The third-order valence-electron chi connectivity index (χ3n) is 8.51. The third-order valence-corrected chi connectivity index (χ3v) is 8.51. The fourth-order valence-electron chi connectivity index (χ4n) is 6.10. The van der Waals surface area contributed by atoms with Crippen molar-refractivity contribution in [2.24, 2.45) is 5.92 Å². The van der Waals surface area contributed by atoms with Gasteiger partial charge in [0.15, 0.2) is 0 Å². The van der Waals surface area contributed by atoms with Crippen molar-refractivity contribution in [2.75, 3.05) is 0 Å². The highest BCUT2D eigenvalue weighted by Gasteiger charge is 2.46. The summed E-state index contributed by atoms with van der Waals surface area (Å²) in [5.41, 5.74) is 4.76. The van der Waals surface area contributed by atoms with Crippen LogP contribution < -0.4 is 4.74 Å². The Morgan fingerprint density at radius 3 is 2.48 bits per heavy atom. The van der Waals surface area contributed by atoms with Crippen molar-refractivity contribution in [3.63, 3.8) is 0 Å². The molecule has 208 valence electrons. The average Bonchev–Trinajstić information content (AvgIpc) is 3.37. The highest BCUT2D eigenvalue weighted by molar-refractivity contribution is 5.89. The Morgan fingerprint density at radius 1 is 1.00 bits per heavy atom. The van der Waals surface area contributed by atoms with Gasteiger partial charge < -0.3 is 9.84 Å². The lowest BCUT2D eigenvalue weighted by atomic mass is 9.86. The summed E-state index contributed by atoms with van der Waals surface area (Å²) in [5, 5.41) is 23.1. The van der Waals surface area contributed by atoms with E-state index < -0.39 is 5.97 Å². The van der Waals surface area contributed by atoms with Crippen molar-refractivity contribution in [2.45, 2.75) is 83.3 Å². The standard InChI is InChI=1S/C32H37N5O3/c1-20(2)36-19-30(34-35-36)27-17-28(27)31-29(32(38)39)18-33-37(31)25-13-7-11-23(15-25)24-12-8-14-26(16-24)40-21(3)22-9-5-4-6-10-22/h7-8,11-16,18-22,27-28H,4-6,9-10,17H2,1-3H3,(H,38,39)/t21-,27?,28?/m0/s1. The van der Waals surface area contributed by atoms with Crippen LogP contribution in [-0.4, -0.2) is 42.0 Å². The number of carboxylic acid groups (broad SMARTS) is 1. The molecule has 40 heavy (non-hydrogen) atoms. The molecule has 2 aromatic carbocycles. The number of hydrogen-bond donors (Lipinski definition) is 1. The maximum absolute atomic E-state index is 12.2. The van der Waals surface area contributed by atoms with Crippen molar-refractivity contribution in [3.05, 3.63) is 77.9 Å². The number of hydrogen-bond acceptors (Lipinski definition) is 5. The predicted octanol–water partition coefficient (Wildman–Crippen LogP) is 7.03. The molecule has 8 heteroatoms. The van der Waals surface area contributed by atoms with Crippen molar-refractivity contribution >= 4 is 5.97 Å². The van der Waals surface area contributed by atoms with Crippen LogP contribution in [0.3, 0.4) is 0 Å². The first-order valence-corrected chi connectivity index (χ1v) is 14.5. The lowest BCUT2D eigenvalue weighted by molar-refractivity contribution is 0.0695. The second-order valence-corrected chi connectivity index (χ2v) is 11.6. The van der Waals surface area contributed by atoms with Crippen LogP contribution in [0.4, 0.5) is 0 Å². The molecular formula is C32H37N5O3. The summed E-state index contributed by atoms with van der Waals surface area (Å²) >= 11 is 0. The van der Waals surface area contributed by atoms with Crippen LogP contribution in [0, 0.1) is 5.92 Å². The van der Waals surface area contributed by atoms with Gasteiger partial charge in [-0.1, -0.05) is 48.7 Å². The van der Waals surface area contributed by atoms with Gasteiger partial charge in [-0.15, -0.1) is 5.10 Å². The normalized spacial score (nSPS) is 20.0. The van der Waals surface area contributed by atoms with Crippen LogP contribution >= 0.6 is 0 Å². The molecule has 1 N–H and O–H groups in total. The molecule has 6 rings (SSSR count). The number of carboxylic acids is 1. The SMILES string of the molecule is CC(C)n1cc(C2CC2c2c(C(=O)O)cnn2-c2cccc(-c3cccc(O[C@@H](C)C4CCCCC4)c3)c2)nn1. The molecule has 4 aromatic rings. The van der Waals surface area contributed by atoms with Crippen molar-refractivity contribution in [1.29, 1.82) is 0 Å². The summed E-state index contributed by atoms with van der Waals surface area (Å²) in [6.45, 7) is 6.32. The first-order chi connectivity index (χ1) is 19.4. The fraction of sp³-hybridized carbons (Fsp3) is 0.438. The lowest BCUT2D eigenvalue weighted by Crippen LogP contribution is -2.25. The largest absolute Gasteiger partial charge is 0.490 e. The molecule has 0 spiro atoms. The van der Waals surface area contributed by atoms with E-state index in [4.69, 9.17) is 4.74 Å². The molecule has 2 unspecified atom stereocenters. The van der Waals surface area contributed by atoms with Crippen LogP contribution in [0.2, 0.25) is 0 Å². The Morgan fingerprint density at radius 2 is 1.75 bits per heavy atom. The second-order valence-electron chi connectivity index (χ2n) is 11.6. The van der Waals surface area contributed by atoms with Gasteiger partial charge in [0.05, 0.1) is 29.4 Å². The van der Waals surface area contributed by atoms with Gasteiger partial charge in [-0.3, -0.25) is 0 Å². The van der Waals surface area contributed by atoms with Crippen LogP contribution in [0.25, 0.3) is 16.8 Å². The number of rotatable bonds is 9. The van der Waals surface area contributed by atoms with Crippen molar-refractivity contribution in [1.82, 2.24) is 24.8 Å². The molecule has 2 aliphatic carbocycles. The van der Waals surface area contributed by atoms with Gasteiger partial charge in [0.25, 0.3) is 0 Å². The summed E-state index contributed by atoms with van der Waals surface area (Å²) in [4.78, 5) is 12.2. The van der Waals surface area contributed by atoms with E-state index in [1.165, 1.54) is 38.3 Å². The van der Waals surface area contributed by atoms with Gasteiger partial charge in [0, 0.05) is 24.1 Å². The molecular weight excluding hydrogens is 502 g/mol. The quantitative estimate of drug-likeness (QED) is 0.245. The number of ether oxygens (including phenoxy) is 1. The van der Waals surface area contributed by atoms with E-state index in [1.807, 2.05) is 35.1 Å². The maximum atomic E-state index is 12.2. The van der Waals surface area contributed by atoms with E-state index in [-0.39, 0.29) is 29.5 Å². The fourth-order valence-corrected chi connectivity index (χ4v) is 6.10. The minimum Gasteiger partial charge on any atom is -0.490 e. The molecule has 2 aromatic heterocycles. The Labute approximate surface area is 235 Å². The topological polar surface area (TPSA) is 95.1 Å². The summed E-state index contributed by atoms with van der Waals surface area (Å²) in [6.07, 6.45) is 10.9. The van der Waals surface area contributed by atoms with Crippen LogP contribution in [-0.2, 0) is 0 Å². The first kappa shape index (κ1) is 26.3. The summed E-state index contributed by atoms with van der Waals surface area (Å²) in [6, 6.07) is 16.6. The number of aromatic nitrogens is 5. The zero-order valence-corrected chi connectivity index (χ0v) is 23.4. The van der Waals surface area contributed by atoms with Crippen molar-refractivity contribution in [3.8, 4) is 22.6 Å². The van der Waals surface area contributed by atoms with Crippen LogP contribution in [0.15, 0.2) is 60.9 Å². The van der Waals surface area contributed by atoms with Gasteiger partial charge in [-0.2, -0.15) is 5.10 Å². The number of carbonyl (C=O) groups is 1. The molecule has 0 amide bonds. The minimum atomic E-state index is -0.967. The van der Waals surface area contributed by atoms with Crippen LogP contribution in [0.5, 0.6) is 5.75 Å². The smallest absolute Gasteiger partial charge is 0.339 e. The highest BCUT2D eigenvalue weighted by atomic mass is 16.5. The average molecular weight is 540 g/mol. The Balaban J connectivity index is 1.27. The Bertz CT molecular complexity index is 1500. The first-order valence-electron chi connectivity index (χ1n) is 14.5. The van der Waals surface area contributed by atoms with Crippen molar-refractivity contribution < 1.29 is 14.6 Å². The third kappa shape index (κ3) is 5.27. The molecule has 2 saturated carbocycles. The molecule has 0 aliphatic heterocycles. The van der Waals surface area contributed by atoms with E-state index in [1.54, 1.807) is 4.68 Å². The monoisotopic (exact) mass is 539 g/mol. The zero-order chi connectivity index (χ0) is 27.8. The number of nitrogens with zero attached hydrogens (tertiary/aromatic N) is 5. The van der Waals surface area contributed by atoms with Gasteiger partial charge in [0.2, 0.25) is 0 Å². The predicted molar refractivity (Wildman–Crippen MR) is 153 cm³/mol. The molecule has 3 atom stereocenters. The summed E-state index contributed by atoms with van der Waals surface area (Å²) in [5.74, 6) is 0.676. The zero-order valence-electron chi connectivity index (χ0n) is 23.4. The van der Waals surface area contributed by atoms with E-state index in [0.29, 0.717) is 11.6 Å². The Hall–Kier alpha value is -3.94.